The second-order valence-electron chi connectivity index (χ2n) is 6.95. The standard InChI is InChI=1S/C22H28N2OS/c1-23(22(25)20-12-6-7-13-21(20)26-2)19-11-8-15-24(17-19)16-14-18-9-4-3-5-10-18/h3-7,9-10,12-13,19H,8,11,14-17H2,1-2H3/t19-/m1/s1. The van der Waals surface area contributed by atoms with Gasteiger partial charge in [0.15, 0.2) is 0 Å². The van der Waals surface area contributed by atoms with E-state index in [4.69, 9.17) is 0 Å². The van der Waals surface area contributed by atoms with Gasteiger partial charge in [-0.05, 0) is 49.8 Å². The highest BCUT2D eigenvalue weighted by molar-refractivity contribution is 7.98. The second kappa shape index (κ2) is 9.24. The molecule has 3 nitrogen and oxygen atoms in total. The predicted octanol–water partition coefficient (Wildman–Crippen LogP) is 4.19. The molecule has 2 aromatic rings. The van der Waals surface area contributed by atoms with Crippen molar-refractivity contribution in [3.05, 3.63) is 65.7 Å². The minimum atomic E-state index is 0.143. The Bertz CT molecular complexity index is 719. The van der Waals surface area contributed by atoms with Crippen molar-refractivity contribution in [3.63, 3.8) is 0 Å². The van der Waals surface area contributed by atoms with Crippen molar-refractivity contribution >= 4 is 17.7 Å². The summed E-state index contributed by atoms with van der Waals surface area (Å²) in [5.41, 5.74) is 2.21. The molecule has 1 aliphatic rings. The fourth-order valence-corrected chi connectivity index (χ4v) is 4.25. The van der Waals surface area contributed by atoms with E-state index in [0.29, 0.717) is 6.04 Å². The van der Waals surface area contributed by atoms with Crippen molar-refractivity contribution in [2.24, 2.45) is 0 Å². The Hall–Kier alpha value is -1.78. The van der Waals surface area contributed by atoms with Crippen molar-refractivity contribution < 1.29 is 4.79 Å². The van der Waals surface area contributed by atoms with Crippen LogP contribution in [0.1, 0.15) is 28.8 Å². The van der Waals surface area contributed by atoms with Gasteiger partial charge < -0.3 is 9.80 Å². The molecule has 0 aromatic heterocycles. The number of benzene rings is 2. The molecule has 1 aliphatic heterocycles. The van der Waals surface area contributed by atoms with Gasteiger partial charge in [-0.1, -0.05) is 42.5 Å². The fourth-order valence-electron chi connectivity index (χ4n) is 3.66. The molecule has 1 amide bonds. The molecule has 0 aliphatic carbocycles. The predicted molar refractivity (Wildman–Crippen MR) is 110 cm³/mol. The van der Waals surface area contributed by atoms with Crippen LogP contribution in [-0.4, -0.2) is 54.7 Å². The number of amides is 1. The summed E-state index contributed by atoms with van der Waals surface area (Å²) in [7, 11) is 1.96. The maximum absolute atomic E-state index is 13.0. The molecule has 2 aromatic carbocycles. The Morgan fingerprint density at radius 2 is 1.88 bits per heavy atom. The number of likely N-dealkylation sites (tertiary alicyclic amines) is 1. The van der Waals surface area contributed by atoms with Crippen molar-refractivity contribution in [1.82, 2.24) is 9.80 Å². The summed E-state index contributed by atoms with van der Waals surface area (Å²) in [4.78, 5) is 18.5. The van der Waals surface area contributed by atoms with E-state index >= 15 is 0 Å². The SMILES string of the molecule is CSc1ccccc1C(=O)N(C)[C@@H]1CCCN(CCc2ccccc2)C1. The van der Waals surface area contributed by atoms with E-state index in [1.807, 2.05) is 42.5 Å². The van der Waals surface area contributed by atoms with Gasteiger partial charge in [-0.2, -0.15) is 0 Å². The van der Waals surface area contributed by atoms with Crippen LogP contribution in [-0.2, 0) is 6.42 Å². The van der Waals surface area contributed by atoms with Gasteiger partial charge in [0, 0.05) is 31.1 Å². The maximum Gasteiger partial charge on any atom is 0.255 e. The zero-order valence-electron chi connectivity index (χ0n) is 15.7. The van der Waals surface area contributed by atoms with Crippen LogP contribution in [0.3, 0.4) is 0 Å². The average Bonchev–Trinajstić information content (AvgIpc) is 2.72. The molecule has 138 valence electrons. The lowest BCUT2D eigenvalue weighted by atomic mass is 10.0. The van der Waals surface area contributed by atoms with E-state index in [0.717, 1.165) is 49.4 Å². The van der Waals surface area contributed by atoms with Gasteiger partial charge in [-0.25, -0.2) is 0 Å². The van der Waals surface area contributed by atoms with Crippen LogP contribution in [0, 0.1) is 0 Å². The molecular formula is C22H28N2OS. The maximum atomic E-state index is 13.0. The second-order valence-corrected chi connectivity index (χ2v) is 7.80. The average molecular weight is 369 g/mol. The number of rotatable bonds is 6. The molecule has 26 heavy (non-hydrogen) atoms. The number of carbonyl (C=O) groups is 1. The summed E-state index contributed by atoms with van der Waals surface area (Å²) in [5, 5.41) is 0. The van der Waals surface area contributed by atoms with Crippen LogP contribution in [0.2, 0.25) is 0 Å². The van der Waals surface area contributed by atoms with Gasteiger partial charge in [0.25, 0.3) is 5.91 Å². The van der Waals surface area contributed by atoms with Gasteiger partial charge in [0.1, 0.15) is 0 Å². The Balaban J connectivity index is 1.60. The van der Waals surface area contributed by atoms with Gasteiger partial charge in [0.2, 0.25) is 0 Å². The highest BCUT2D eigenvalue weighted by atomic mass is 32.2. The number of likely N-dealkylation sites (N-methyl/N-ethyl adjacent to an activating group) is 1. The zero-order chi connectivity index (χ0) is 18.4. The lowest BCUT2D eigenvalue weighted by Gasteiger charge is -2.38. The molecule has 1 saturated heterocycles. The molecule has 0 spiro atoms. The van der Waals surface area contributed by atoms with Crippen LogP contribution >= 0.6 is 11.8 Å². The highest BCUT2D eigenvalue weighted by Gasteiger charge is 2.27. The molecule has 0 unspecified atom stereocenters. The topological polar surface area (TPSA) is 23.6 Å². The number of carbonyl (C=O) groups excluding carboxylic acids is 1. The largest absolute Gasteiger partial charge is 0.337 e. The molecular weight excluding hydrogens is 340 g/mol. The monoisotopic (exact) mass is 368 g/mol. The molecule has 0 N–H and O–H groups in total. The first-order chi connectivity index (χ1) is 12.7. The van der Waals surface area contributed by atoms with Crippen LogP contribution in [0.4, 0.5) is 0 Å². The number of hydrogen-bond acceptors (Lipinski definition) is 3. The lowest BCUT2D eigenvalue weighted by molar-refractivity contribution is 0.0616. The molecule has 1 heterocycles. The summed E-state index contributed by atoms with van der Waals surface area (Å²) in [6.45, 7) is 3.16. The van der Waals surface area contributed by atoms with Crippen molar-refractivity contribution in [2.45, 2.75) is 30.2 Å². The Morgan fingerprint density at radius 3 is 2.65 bits per heavy atom. The minimum Gasteiger partial charge on any atom is -0.337 e. The van der Waals surface area contributed by atoms with Crippen molar-refractivity contribution in [1.29, 1.82) is 0 Å². The summed E-state index contributed by atoms with van der Waals surface area (Å²) in [6.07, 6.45) is 5.34. The van der Waals surface area contributed by atoms with E-state index in [1.165, 1.54) is 5.56 Å². The Kier molecular flexibility index (Phi) is 6.75. The summed E-state index contributed by atoms with van der Waals surface area (Å²) in [6, 6.07) is 18.9. The molecule has 4 heteroatoms. The van der Waals surface area contributed by atoms with Gasteiger partial charge in [0.05, 0.1) is 5.56 Å². The van der Waals surface area contributed by atoms with Gasteiger partial charge >= 0.3 is 0 Å². The molecule has 3 rings (SSSR count). The quantitative estimate of drug-likeness (QED) is 0.715. The number of piperidine rings is 1. The molecule has 0 saturated carbocycles. The zero-order valence-corrected chi connectivity index (χ0v) is 16.5. The van der Waals surface area contributed by atoms with E-state index in [-0.39, 0.29) is 5.91 Å². The molecule has 1 fully saturated rings. The van der Waals surface area contributed by atoms with Gasteiger partial charge in [-0.3, -0.25) is 4.79 Å². The lowest BCUT2D eigenvalue weighted by Crippen LogP contribution is -2.49. The van der Waals surface area contributed by atoms with E-state index in [1.54, 1.807) is 11.8 Å². The Labute approximate surface area is 161 Å². The summed E-state index contributed by atoms with van der Waals surface area (Å²) >= 11 is 1.64. The Morgan fingerprint density at radius 1 is 1.15 bits per heavy atom. The molecule has 1 atom stereocenters. The first kappa shape index (κ1) is 19.0. The van der Waals surface area contributed by atoms with Crippen LogP contribution in [0.5, 0.6) is 0 Å². The molecule has 0 radical (unpaired) electrons. The van der Waals surface area contributed by atoms with E-state index < -0.39 is 0 Å². The summed E-state index contributed by atoms with van der Waals surface area (Å²) < 4.78 is 0. The first-order valence-electron chi connectivity index (χ1n) is 9.35. The van der Waals surface area contributed by atoms with E-state index in [2.05, 4.69) is 35.2 Å². The first-order valence-corrected chi connectivity index (χ1v) is 10.6. The fraction of sp³-hybridized carbons (Fsp3) is 0.409. The summed E-state index contributed by atoms with van der Waals surface area (Å²) in [5.74, 6) is 0.143. The van der Waals surface area contributed by atoms with Gasteiger partial charge in [-0.15, -0.1) is 11.8 Å². The number of thioether (sulfide) groups is 1. The third kappa shape index (κ3) is 4.68. The van der Waals surface area contributed by atoms with E-state index in [9.17, 15) is 4.79 Å². The highest BCUT2D eigenvalue weighted by Crippen LogP contribution is 2.23. The number of hydrogen-bond donors (Lipinski definition) is 0. The number of nitrogens with zero attached hydrogens (tertiary/aromatic N) is 2. The van der Waals surface area contributed by atoms with Crippen LogP contribution in [0.15, 0.2) is 59.5 Å². The van der Waals surface area contributed by atoms with Crippen molar-refractivity contribution in [2.75, 3.05) is 32.9 Å². The molecule has 0 bridgehead atoms. The normalized spacial score (nSPS) is 17.8. The third-order valence-corrected chi connectivity index (χ3v) is 6.04. The van der Waals surface area contributed by atoms with Crippen LogP contribution < -0.4 is 0 Å². The van der Waals surface area contributed by atoms with Crippen LogP contribution in [0.25, 0.3) is 0 Å². The minimum absolute atomic E-state index is 0.143. The van der Waals surface area contributed by atoms with Crippen molar-refractivity contribution in [3.8, 4) is 0 Å². The smallest absolute Gasteiger partial charge is 0.255 e. The third-order valence-electron chi connectivity index (χ3n) is 5.25.